The van der Waals surface area contributed by atoms with Crippen LogP contribution in [0.25, 0.3) is 0 Å². The number of hydrogen-bond acceptors (Lipinski definition) is 2. The Morgan fingerprint density at radius 2 is 2.07 bits per heavy atom. The molecule has 2 rings (SSSR count). The highest BCUT2D eigenvalue weighted by Gasteiger charge is 2.37. The Bertz CT molecular complexity index is 278. The lowest BCUT2D eigenvalue weighted by Crippen LogP contribution is -2.22. The third-order valence-corrected chi connectivity index (χ3v) is 2.73. The summed E-state index contributed by atoms with van der Waals surface area (Å²) in [5.41, 5.74) is 1.46. The predicted octanol–water partition coefficient (Wildman–Crippen LogP) is 2.20. The Morgan fingerprint density at radius 3 is 2.73 bits per heavy atom. The standard InChI is InChI=1S/C12H17NO.ClH/c1-14-8-7-13-12-9-11(12)10-5-3-2-4-6-10;/h2-6,11-13H,7-9H2,1H3;1H/t11-,12+;/m0./s1. The van der Waals surface area contributed by atoms with Gasteiger partial charge in [0.25, 0.3) is 0 Å². The molecule has 0 unspecified atom stereocenters. The van der Waals surface area contributed by atoms with E-state index in [1.54, 1.807) is 7.11 Å². The normalized spacial score (nSPS) is 23.3. The monoisotopic (exact) mass is 227 g/mol. The zero-order valence-corrected chi connectivity index (χ0v) is 9.80. The van der Waals surface area contributed by atoms with Crippen LogP contribution in [0.3, 0.4) is 0 Å². The molecule has 2 nitrogen and oxygen atoms in total. The Labute approximate surface area is 97.4 Å². The van der Waals surface area contributed by atoms with Gasteiger partial charge in [-0.2, -0.15) is 0 Å². The highest BCUT2D eigenvalue weighted by atomic mass is 35.5. The Kier molecular flexibility index (Phi) is 5.09. The summed E-state index contributed by atoms with van der Waals surface area (Å²) in [5.74, 6) is 0.730. The lowest BCUT2D eigenvalue weighted by atomic mass is 10.1. The molecule has 0 aliphatic heterocycles. The summed E-state index contributed by atoms with van der Waals surface area (Å²) in [7, 11) is 1.74. The summed E-state index contributed by atoms with van der Waals surface area (Å²) in [5, 5.41) is 3.48. The van der Waals surface area contributed by atoms with Crippen molar-refractivity contribution in [2.24, 2.45) is 0 Å². The lowest BCUT2D eigenvalue weighted by molar-refractivity contribution is 0.199. The van der Waals surface area contributed by atoms with Crippen LogP contribution in [0.2, 0.25) is 0 Å². The van der Waals surface area contributed by atoms with E-state index in [-0.39, 0.29) is 12.4 Å². The van der Waals surface area contributed by atoms with Crippen LogP contribution in [0.4, 0.5) is 0 Å². The van der Waals surface area contributed by atoms with E-state index in [9.17, 15) is 0 Å². The molecule has 0 aromatic heterocycles. The number of hydrogen-bond donors (Lipinski definition) is 1. The van der Waals surface area contributed by atoms with Crippen LogP contribution in [0.15, 0.2) is 30.3 Å². The van der Waals surface area contributed by atoms with Gasteiger partial charge < -0.3 is 10.1 Å². The SMILES string of the molecule is COCCN[C@@H]1C[C@H]1c1ccccc1.Cl. The number of benzene rings is 1. The first-order valence-corrected chi connectivity index (χ1v) is 5.19. The number of ether oxygens (including phenoxy) is 1. The molecule has 1 aromatic rings. The van der Waals surface area contributed by atoms with Crippen molar-refractivity contribution in [2.75, 3.05) is 20.3 Å². The van der Waals surface area contributed by atoms with E-state index in [0.29, 0.717) is 6.04 Å². The maximum absolute atomic E-state index is 5.00. The second-order valence-electron chi connectivity index (χ2n) is 3.81. The largest absolute Gasteiger partial charge is 0.383 e. The number of rotatable bonds is 5. The first kappa shape index (κ1) is 12.5. The fourth-order valence-electron chi connectivity index (χ4n) is 1.84. The van der Waals surface area contributed by atoms with Crippen LogP contribution in [0, 0.1) is 0 Å². The van der Waals surface area contributed by atoms with Gasteiger partial charge in [-0.15, -0.1) is 12.4 Å². The maximum atomic E-state index is 5.00. The minimum atomic E-state index is 0. The summed E-state index contributed by atoms with van der Waals surface area (Å²) in [6.07, 6.45) is 1.27. The van der Waals surface area contributed by atoms with E-state index in [0.717, 1.165) is 19.1 Å². The van der Waals surface area contributed by atoms with Crippen LogP contribution in [0.5, 0.6) is 0 Å². The van der Waals surface area contributed by atoms with E-state index < -0.39 is 0 Å². The molecule has 1 aliphatic rings. The van der Waals surface area contributed by atoms with Crippen LogP contribution in [0.1, 0.15) is 17.9 Å². The van der Waals surface area contributed by atoms with Crippen molar-refractivity contribution in [3.05, 3.63) is 35.9 Å². The summed E-state index contributed by atoms with van der Waals surface area (Å²) in [4.78, 5) is 0. The molecule has 0 saturated heterocycles. The van der Waals surface area contributed by atoms with Gasteiger partial charge in [0, 0.05) is 25.6 Å². The zero-order valence-electron chi connectivity index (χ0n) is 8.98. The number of methoxy groups -OCH3 is 1. The van der Waals surface area contributed by atoms with E-state index in [4.69, 9.17) is 4.74 Å². The van der Waals surface area contributed by atoms with Gasteiger partial charge in [0.1, 0.15) is 0 Å². The van der Waals surface area contributed by atoms with Crippen molar-refractivity contribution in [3.63, 3.8) is 0 Å². The van der Waals surface area contributed by atoms with Crippen molar-refractivity contribution in [3.8, 4) is 0 Å². The minimum absolute atomic E-state index is 0. The molecule has 0 radical (unpaired) electrons. The molecule has 0 spiro atoms. The van der Waals surface area contributed by atoms with Crippen molar-refractivity contribution in [1.82, 2.24) is 5.32 Å². The fourth-order valence-corrected chi connectivity index (χ4v) is 1.84. The fraction of sp³-hybridized carbons (Fsp3) is 0.500. The third-order valence-electron chi connectivity index (χ3n) is 2.73. The average molecular weight is 228 g/mol. The van der Waals surface area contributed by atoms with E-state index in [1.807, 2.05) is 0 Å². The van der Waals surface area contributed by atoms with E-state index >= 15 is 0 Å². The van der Waals surface area contributed by atoms with Crippen LogP contribution in [-0.2, 0) is 4.74 Å². The van der Waals surface area contributed by atoms with Gasteiger partial charge in [0.15, 0.2) is 0 Å². The van der Waals surface area contributed by atoms with Crippen molar-refractivity contribution in [1.29, 1.82) is 0 Å². The summed E-state index contributed by atoms with van der Waals surface area (Å²) in [6.45, 7) is 1.77. The molecule has 1 aromatic carbocycles. The van der Waals surface area contributed by atoms with E-state index in [1.165, 1.54) is 12.0 Å². The van der Waals surface area contributed by atoms with Gasteiger partial charge in [0.05, 0.1) is 6.61 Å². The van der Waals surface area contributed by atoms with Crippen molar-refractivity contribution >= 4 is 12.4 Å². The molecule has 3 heteroatoms. The second kappa shape index (κ2) is 6.11. The van der Waals surface area contributed by atoms with Gasteiger partial charge >= 0.3 is 0 Å². The lowest BCUT2D eigenvalue weighted by Gasteiger charge is -2.02. The molecular weight excluding hydrogens is 210 g/mol. The molecule has 2 atom stereocenters. The summed E-state index contributed by atoms with van der Waals surface area (Å²) < 4.78 is 5.00. The quantitative estimate of drug-likeness (QED) is 0.779. The first-order valence-electron chi connectivity index (χ1n) is 5.19. The molecule has 0 amide bonds. The Hall–Kier alpha value is -0.570. The van der Waals surface area contributed by atoms with Crippen molar-refractivity contribution in [2.45, 2.75) is 18.4 Å². The third kappa shape index (κ3) is 3.49. The molecule has 1 saturated carbocycles. The van der Waals surface area contributed by atoms with Crippen LogP contribution < -0.4 is 5.32 Å². The summed E-state index contributed by atoms with van der Waals surface area (Å²) >= 11 is 0. The predicted molar refractivity (Wildman–Crippen MR) is 64.7 cm³/mol. The number of halogens is 1. The molecule has 84 valence electrons. The Morgan fingerprint density at radius 1 is 1.33 bits per heavy atom. The van der Waals surface area contributed by atoms with Gasteiger partial charge in [0.2, 0.25) is 0 Å². The smallest absolute Gasteiger partial charge is 0.0587 e. The molecule has 1 N–H and O–H groups in total. The maximum Gasteiger partial charge on any atom is 0.0587 e. The average Bonchev–Trinajstić information content (AvgIpc) is 2.99. The Balaban J connectivity index is 0.00000112. The van der Waals surface area contributed by atoms with Crippen LogP contribution >= 0.6 is 12.4 Å². The van der Waals surface area contributed by atoms with Gasteiger partial charge in [-0.1, -0.05) is 30.3 Å². The molecule has 0 heterocycles. The highest BCUT2D eigenvalue weighted by Crippen LogP contribution is 2.40. The van der Waals surface area contributed by atoms with Gasteiger partial charge in [-0.3, -0.25) is 0 Å². The minimum Gasteiger partial charge on any atom is -0.383 e. The molecule has 15 heavy (non-hydrogen) atoms. The number of nitrogens with one attached hydrogen (secondary N) is 1. The van der Waals surface area contributed by atoms with Gasteiger partial charge in [-0.05, 0) is 12.0 Å². The first-order chi connectivity index (χ1) is 6.92. The molecule has 1 fully saturated rings. The van der Waals surface area contributed by atoms with Gasteiger partial charge in [-0.25, -0.2) is 0 Å². The highest BCUT2D eigenvalue weighted by molar-refractivity contribution is 5.85. The summed E-state index contributed by atoms with van der Waals surface area (Å²) in [6, 6.07) is 11.4. The molecular formula is C12H18ClNO. The zero-order chi connectivity index (χ0) is 9.80. The second-order valence-corrected chi connectivity index (χ2v) is 3.81. The topological polar surface area (TPSA) is 21.3 Å². The van der Waals surface area contributed by atoms with Crippen LogP contribution in [-0.4, -0.2) is 26.3 Å². The molecule has 0 bridgehead atoms. The van der Waals surface area contributed by atoms with E-state index in [2.05, 4.69) is 35.6 Å². The van der Waals surface area contributed by atoms with Crippen molar-refractivity contribution < 1.29 is 4.74 Å². The molecule has 1 aliphatic carbocycles.